The first-order chi connectivity index (χ1) is 8.76. The minimum absolute atomic E-state index is 0.525. The van der Waals surface area contributed by atoms with E-state index in [2.05, 4.69) is 34.6 Å². The molecule has 7 heteroatoms. The van der Waals surface area contributed by atoms with Crippen LogP contribution < -0.4 is 5.73 Å². The Bertz CT molecular complexity index is 526. The zero-order valence-electron chi connectivity index (χ0n) is 10.3. The summed E-state index contributed by atoms with van der Waals surface area (Å²) in [6.07, 6.45) is 0. The maximum Gasteiger partial charge on any atom is 0.213 e. The fourth-order valence-corrected chi connectivity index (χ4v) is 3.36. The Kier molecular flexibility index (Phi) is 4.62. The Morgan fingerprint density at radius 1 is 1.33 bits per heavy atom. The fraction of sp³-hybridized carbons (Fsp3) is 0.364. The molecule has 96 valence electrons. The Labute approximate surface area is 115 Å². The number of aromatic nitrogens is 4. The lowest BCUT2D eigenvalue weighted by Gasteiger charge is -2.11. The third kappa shape index (κ3) is 2.85. The van der Waals surface area contributed by atoms with Gasteiger partial charge in [0, 0.05) is 23.4 Å². The summed E-state index contributed by atoms with van der Waals surface area (Å²) in [4.78, 5) is 2.36. The van der Waals surface area contributed by atoms with E-state index in [1.54, 1.807) is 28.2 Å². The minimum atomic E-state index is 0.525. The number of hydrogen-bond donors (Lipinski definition) is 1. The van der Waals surface area contributed by atoms with E-state index in [-0.39, 0.29) is 0 Å². The van der Waals surface area contributed by atoms with E-state index in [1.165, 1.54) is 4.90 Å². The van der Waals surface area contributed by atoms with Crippen molar-refractivity contribution in [2.24, 2.45) is 12.8 Å². The van der Waals surface area contributed by atoms with Crippen molar-refractivity contribution < 1.29 is 0 Å². The van der Waals surface area contributed by atoms with Gasteiger partial charge in [0.25, 0.3) is 0 Å². The second kappa shape index (κ2) is 6.21. The van der Waals surface area contributed by atoms with Crippen LogP contribution in [0.3, 0.4) is 0 Å². The number of rotatable bonds is 5. The molecule has 0 aliphatic rings. The number of nitrogens with zero attached hydrogens (tertiary/aromatic N) is 4. The monoisotopic (exact) mass is 281 g/mol. The molecule has 2 rings (SSSR count). The normalized spacial score (nSPS) is 10.8. The summed E-state index contributed by atoms with van der Waals surface area (Å²) in [7, 11) is 1.83. The van der Waals surface area contributed by atoms with E-state index in [0.29, 0.717) is 6.54 Å². The van der Waals surface area contributed by atoms with Gasteiger partial charge in [-0.25, -0.2) is 4.68 Å². The largest absolute Gasteiger partial charge is 0.326 e. The highest BCUT2D eigenvalue weighted by Gasteiger charge is 2.11. The smallest absolute Gasteiger partial charge is 0.213 e. The summed E-state index contributed by atoms with van der Waals surface area (Å²) in [5, 5.41) is 12.2. The highest BCUT2D eigenvalue weighted by atomic mass is 32.2. The molecule has 0 saturated carbocycles. The first kappa shape index (κ1) is 13.4. The molecule has 1 aromatic carbocycles. The zero-order chi connectivity index (χ0) is 13.0. The van der Waals surface area contributed by atoms with Gasteiger partial charge in [0.15, 0.2) is 0 Å². The number of hydrogen-bond acceptors (Lipinski definition) is 6. The summed E-state index contributed by atoms with van der Waals surface area (Å²) < 4.78 is 1.66. The van der Waals surface area contributed by atoms with E-state index < -0.39 is 0 Å². The SMILES string of the molecule is CCSc1cccc(Sc2nnnn2C)c1CN. The van der Waals surface area contributed by atoms with Crippen LogP contribution in [0.5, 0.6) is 0 Å². The average Bonchev–Trinajstić information content (AvgIpc) is 2.76. The number of thioether (sulfide) groups is 1. The van der Waals surface area contributed by atoms with E-state index in [9.17, 15) is 0 Å². The highest BCUT2D eigenvalue weighted by Crippen LogP contribution is 2.33. The number of benzene rings is 1. The van der Waals surface area contributed by atoms with Gasteiger partial charge in [-0.1, -0.05) is 13.0 Å². The van der Waals surface area contributed by atoms with Gasteiger partial charge in [0.05, 0.1) is 0 Å². The van der Waals surface area contributed by atoms with E-state index in [0.717, 1.165) is 21.4 Å². The van der Waals surface area contributed by atoms with Crippen molar-refractivity contribution in [2.75, 3.05) is 5.75 Å². The van der Waals surface area contributed by atoms with Crippen molar-refractivity contribution in [3.63, 3.8) is 0 Å². The highest BCUT2D eigenvalue weighted by molar-refractivity contribution is 8.00. The molecule has 1 heterocycles. The summed E-state index contributed by atoms with van der Waals surface area (Å²) in [5.74, 6) is 1.03. The van der Waals surface area contributed by atoms with Crippen LogP contribution in [0, 0.1) is 0 Å². The van der Waals surface area contributed by atoms with E-state index >= 15 is 0 Å². The summed E-state index contributed by atoms with van der Waals surface area (Å²) in [6, 6.07) is 6.21. The van der Waals surface area contributed by atoms with Crippen molar-refractivity contribution in [3.05, 3.63) is 23.8 Å². The minimum Gasteiger partial charge on any atom is -0.326 e. The van der Waals surface area contributed by atoms with Crippen LogP contribution in [0.25, 0.3) is 0 Å². The molecule has 2 aromatic rings. The van der Waals surface area contributed by atoms with Crippen LogP contribution in [-0.2, 0) is 13.6 Å². The summed E-state index contributed by atoms with van der Waals surface area (Å²) in [6.45, 7) is 2.66. The zero-order valence-corrected chi connectivity index (χ0v) is 12.0. The van der Waals surface area contributed by atoms with Crippen LogP contribution in [0.2, 0.25) is 0 Å². The first-order valence-electron chi connectivity index (χ1n) is 5.61. The van der Waals surface area contributed by atoms with Crippen molar-refractivity contribution in [3.8, 4) is 0 Å². The third-order valence-electron chi connectivity index (χ3n) is 2.38. The van der Waals surface area contributed by atoms with Gasteiger partial charge in [-0.15, -0.1) is 16.9 Å². The predicted octanol–water partition coefficient (Wildman–Crippen LogP) is 1.93. The molecule has 0 spiro atoms. The predicted molar refractivity (Wildman–Crippen MR) is 73.7 cm³/mol. The van der Waals surface area contributed by atoms with Crippen LogP contribution in [0.15, 0.2) is 33.1 Å². The lowest BCUT2D eigenvalue weighted by Crippen LogP contribution is -2.01. The van der Waals surface area contributed by atoms with Gasteiger partial charge in [-0.05, 0) is 45.6 Å². The van der Waals surface area contributed by atoms with Crippen molar-refractivity contribution in [1.29, 1.82) is 0 Å². The molecule has 0 bridgehead atoms. The van der Waals surface area contributed by atoms with Crippen molar-refractivity contribution in [1.82, 2.24) is 20.2 Å². The molecule has 0 saturated heterocycles. The molecule has 1 aromatic heterocycles. The van der Waals surface area contributed by atoms with Gasteiger partial charge in [-0.3, -0.25) is 0 Å². The second-order valence-electron chi connectivity index (χ2n) is 3.56. The molecular weight excluding hydrogens is 266 g/mol. The van der Waals surface area contributed by atoms with Gasteiger partial charge in [0.2, 0.25) is 5.16 Å². The Balaban J connectivity index is 2.32. The summed E-state index contributed by atoms with van der Waals surface area (Å²) in [5.41, 5.74) is 7.03. The second-order valence-corrected chi connectivity index (χ2v) is 5.87. The molecule has 18 heavy (non-hydrogen) atoms. The van der Waals surface area contributed by atoms with Crippen molar-refractivity contribution >= 4 is 23.5 Å². The average molecular weight is 281 g/mol. The molecule has 0 unspecified atom stereocenters. The molecular formula is C11H15N5S2. The number of tetrazole rings is 1. The maximum atomic E-state index is 5.86. The lowest BCUT2D eigenvalue weighted by molar-refractivity contribution is 0.664. The van der Waals surface area contributed by atoms with Gasteiger partial charge >= 0.3 is 0 Å². The topological polar surface area (TPSA) is 69.6 Å². The molecule has 2 N–H and O–H groups in total. The first-order valence-corrected chi connectivity index (χ1v) is 7.41. The Morgan fingerprint density at radius 2 is 2.11 bits per heavy atom. The van der Waals surface area contributed by atoms with Crippen LogP contribution in [0.1, 0.15) is 12.5 Å². The maximum absolute atomic E-state index is 5.86. The Morgan fingerprint density at radius 3 is 2.72 bits per heavy atom. The number of aryl methyl sites for hydroxylation is 1. The molecule has 0 radical (unpaired) electrons. The fourth-order valence-electron chi connectivity index (χ4n) is 1.54. The summed E-state index contributed by atoms with van der Waals surface area (Å²) >= 11 is 3.35. The van der Waals surface area contributed by atoms with E-state index in [4.69, 9.17) is 5.73 Å². The van der Waals surface area contributed by atoms with Gasteiger partial charge < -0.3 is 5.73 Å². The van der Waals surface area contributed by atoms with Gasteiger partial charge in [-0.2, -0.15) is 0 Å². The van der Waals surface area contributed by atoms with Crippen LogP contribution in [0.4, 0.5) is 0 Å². The number of nitrogens with two attached hydrogens (primary N) is 1. The lowest BCUT2D eigenvalue weighted by atomic mass is 10.2. The van der Waals surface area contributed by atoms with Crippen LogP contribution >= 0.6 is 23.5 Å². The van der Waals surface area contributed by atoms with Crippen molar-refractivity contribution in [2.45, 2.75) is 28.4 Å². The molecule has 5 nitrogen and oxygen atoms in total. The quantitative estimate of drug-likeness (QED) is 0.845. The third-order valence-corrected chi connectivity index (χ3v) is 4.49. The molecule has 0 amide bonds. The van der Waals surface area contributed by atoms with Crippen LogP contribution in [-0.4, -0.2) is 26.0 Å². The molecule has 0 atom stereocenters. The van der Waals surface area contributed by atoms with Gasteiger partial charge in [0.1, 0.15) is 0 Å². The molecule has 0 aliphatic carbocycles. The van der Waals surface area contributed by atoms with E-state index in [1.807, 2.05) is 13.1 Å². The Hall–Kier alpha value is -1.05. The standard InChI is InChI=1S/C11H15N5S2/c1-3-17-9-5-4-6-10(8(9)7-12)18-11-13-14-15-16(11)2/h4-6H,3,7,12H2,1-2H3. The molecule has 0 fully saturated rings. The molecule has 0 aliphatic heterocycles.